The highest BCUT2D eigenvalue weighted by Crippen LogP contribution is 2.24. The maximum Gasteiger partial charge on any atom is 0.293 e. The summed E-state index contributed by atoms with van der Waals surface area (Å²) in [6.45, 7) is 0. The molecule has 1 saturated carbocycles. The Morgan fingerprint density at radius 1 is 1.09 bits per heavy atom. The summed E-state index contributed by atoms with van der Waals surface area (Å²) >= 11 is 0. The molecule has 0 amide bonds. The van der Waals surface area contributed by atoms with Crippen molar-refractivity contribution in [1.29, 1.82) is 0 Å². The molecule has 8 heteroatoms. The molecule has 2 rings (SSSR count). The van der Waals surface area contributed by atoms with Gasteiger partial charge in [0.1, 0.15) is 17.1 Å². The van der Waals surface area contributed by atoms with Crippen molar-refractivity contribution >= 4 is 23.4 Å². The summed E-state index contributed by atoms with van der Waals surface area (Å²) in [5, 5.41) is 47.1. The van der Waals surface area contributed by atoms with Crippen LogP contribution >= 0.6 is 0 Å². The second-order valence-electron chi connectivity index (χ2n) is 4.82. The van der Waals surface area contributed by atoms with E-state index in [4.69, 9.17) is 5.11 Å². The zero-order valence-electron chi connectivity index (χ0n) is 11.5. The van der Waals surface area contributed by atoms with Crippen LogP contribution in [0, 0.1) is 0 Å². The first kappa shape index (κ1) is 16.6. The van der Waals surface area contributed by atoms with Gasteiger partial charge in [-0.3, -0.25) is 14.4 Å². The van der Waals surface area contributed by atoms with Crippen molar-refractivity contribution < 1.29 is 39.9 Å². The molecule has 0 saturated heterocycles. The Hall–Kier alpha value is -2.81. The molecule has 1 aliphatic rings. The number of carbonyl (C=O) groups excluding carboxylic acids is 3. The van der Waals surface area contributed by atoms with Gasteiger partial charge in [0.15, 0.2) is 6.10 Å². The molecule has 0 heterocycles. The van der Waals surface area contributed by atoms with Crippen LogP contribution in [-0.2, 0) is 14.4 Å². The highest BCUT2D eigenvalue weighted by atomic mass is 16.5. The largest absolute Gasteiger partial charge is 0.508 e. The van der Waals surface area contributed by atoms with Gasteiger partial charge in [-0.25, -0.2) is 0 Å². The number of aromatic hydroxyl groups is 1. The van der Waals surface area contributed by atoms with Gasteiger partial charge in [0.05, 0.1) is 0 Å². The first-order chi connectivity index (χ1) is 10.7. The zero-order valence-corrected chi connectivity index (χ0v) is 11.5. The van der Waals surface area contributed by atoms with Gasteiger partial charge >= 0.3 is 0 Å². The van der Waals surface area contributed by atoms with E-state index < -0.39 is 40.6 Å². The lowest BCUT2D eigenvalue weighted by atomic mass is 9.83. The van der Waals surface area contributed by atoms with Gasteiger partial charge in [0, 0.05) is 0 Å². The molecule has 1 fully saturated rings. The van der Waals surface area contributed by atoms with Crippen molar-refractivity contribution in [2.75, 3.05) is 0 Å². The van der Waals surface area contributed by atoms with E-state index in [1.807, 2.05) is 0 Å². The van der Waals surface area contributed by atoms with E-state index in [1.165, 1.54) is 30.3 Å². The Morgan fingerprint density at radius 3 is 2.22 bits per heavy atom. The Balaban J connectivity index is 2.41. The first-order valence-corrected chi connectivity index (χ1v) is 6.32. The van der Waals surface area contributed by atoms with Gasteiger partial charge < -0.3 is 25.5 Å². The second kappa shape index (κ2) is 5.76. The van der Waals surface area contributed by atoms with Crippen LogP contribution in [0.1, 0.15) is 5.56 Å². The number of allylic oxidation sites excluding steroid dienone is 1. The van der Waals surface area contributed by atoms with Gasteiger partial charge in [-0.15, -0.1) is 0 Å². The molecule has 1 aliphatic carbocycles. The third kappa shape index (κ3) is 2.90. The fraction of sp³-hybridized carbons (Fsp3) is 0.133. The highest BCUT2D eigenvalue weighted by Gasteiger charge is 2.56. The number of phenolic OH excluding ortho intramolecular Hbond substituents is 1. The number of aliphatic hydroxyl groups excluding tert-OH is 2. The molecule has 0 radical (unpaired) electrons. The van der Waals surface area contributed by atoms with Crippen molar-refractivity contribution in [3.8, 4) is 5.75 Å². The second-order valence-corrected chi connectivity index (χ2v) is 4.82. The molecule has 120 valence electrons. The maximum absolute atomic E-state index is 11.8. The van der Waals surface area contributed by atoms with E-state index in [0.717, 1.165) is 6.08 Å². The summed E-state index contributed by atoms with van der Waals surface area (Å²) in [6.07, 6.45) is -0.278. The number of aliphatic hydroxyl groups is 4. The van der Waals surface area contributed by atoms with Crippen LogP contribution in [0.15, 0.2) is 41.7 Å². The van der Waals surface area contributed by atoms with Crippen LogP contribution < -0.4 is 0 Å². The van der Waals surface area contributed by atoms with Gasteiger partial charge in [0.25, 0.3) is 5.79 Å². The van der Waals surface area contributed by atoms with Crippen LogP contribution in [-0.4, -0.2) is 54.8 Å². The SMILES string of the molecule is O=C1C(=C(O)/C=C/c2ccc(O)cc2)C(=O)C(O)(O)C(=O)C1O. The number of benzene rings is 1. The van der Waals surface area contributed by atoms with Gasteiger partial charge in [-0.1, -0.05) is 18.2 Å². The Bertz CT molecular complexity index is 739. The molecule has 0 aliphatic heterocycles. The normalized spacial score (nSPS) is 23.4. The quantitative estimate of drug-likeness (QED) is 0.153. The minimum atomic E-state index is -3.58. The smallest absolute Gasteiger partial charge is 0.293 e. The van der Waals surface area contributed by atoms with Crippen molar-refractivity contribution in [2.24, 2.45) is 0 Å². The Kier molecular flexibility index (Phi) is 4.15. The third-order valence-corrected chi connectivity index (χ3v) is 3.21. The lowest BCUT2D eigenvalue weighted by molar-refractivity contribution is -0.196. The summed E-state index contributed by atoms with van der Waals surface area (Å²) in [4.78, 5) is 34.8. The summed E-state index contributed by atoms with van der Waals surface area (Å²) in [7, 11) is 0. The van der Waals surface area contributed by atoms with Crippen LogP contribution in [0.5, 0.6) is 5.75 Å². The minimum Gasteiger partial charge on any atom is -0.508 e. The van der Waals surface area contributed by atoms with Gasteiger partial charge in [0.2, 0.25) is 17.3 Å². The molecule has 0 bridgehead atoms. The summed E-state index contributed by atoms with van der Waals surface area (Å²) in [5.41, 5.74) is -0.598. The molecule has 8 nitrogen and oxygen atoms in total. The third-order valence-electron chi connectivity index (χ3n) is 3.21. The predicted molar refractivity (Wildman–Crippen MR) is 75.0 cm³/mol. The van der Waals surface area contributed by atoms with Crippen LogP contribution in [0.2, 0.25) is 0 Å². The van der Waals surface area contributed by atoms with Crippen LogP contribution in [0.25, 0.3) is 6.08 Å². The van der Waals surface area contributed by atoms with Crippen molar-refractivity contribution in [2.45, 2.75) is 11.9 Å². The lowest BCUT2D eigenvalue weighted by Crippen LogP contribution is -2.60. The number of phenols is 1. The summed E-state index contributed by atoms with van der Waals surface area (Å²) < 4.78 is 0. The number of Topliss-reactive ketones (excluding diaryl/α,β-unsaturated/α-hetero) is 3. The van der Waals surface area contributed by atoms with Crippen molar-refractivity contribution in [3.63, 3.8) is 0 Å². The fourth-order valence-electron chi connectivity index (χ4n) is 1.93. The average Bonchev–Trinajstić information content (AvgIpc) is 2.51. The monoisotopic (exact) mass is 320 g/mol. The zero-order chi connectivity index (χ0) is 17.4. The number of rotatable bonds is 2. The molecule has 5 N–H and O–H groups in total. The number of hydrogen-bond donors (Lipinski definition) is 5. The van der Waals surface area contributed by atoms with Crippen LogP contribution in [0.3, 0.4) is 0 Å². The Labute approximate surface area is 129 Å². The van der Waals surface area contributed by atoms with Gasteiger partial charge in [-0.05, 0) is 23.8 Å². The maximum atomic E-state index is 11.8. The van der Waals surface area contributed by atoms with Crippen molar-refractivity contribution in [1.82, 2.24) is 0 Å². The van der Waals surface area contributed by atoms with Crippen molar-refractivity contribution in [3.05, 3.63) is 47.2 Å². The van der Waals surface area contributed by atoms with E-state index in [-0.39, 0.29) is 5.75 Å². The standard InChI is InChI=1S/C15H12O8/c16-8-4-1-7(2-5-8)3-6-9(17)10-11(18)12(19)14(21)15(22,23)13(10)20/h1-6,12,16-17,19,22-23H/b6-3+,10-9?. The molecule has 1 unspecified atom stereocenters. The molecule has 1 atom stereocenters. The predicted octanol–water partition coefficient (Wildman–Crippen LogP) is -1.02. The number of hydrogen-bond acceptors (Lipinski definition) is 8. The minimum absolute atomic E-state index is 0.00865. The number of carbonyl (C=O) groups is 3. The molecule has 0 aromatic heterocycles. The fourth-order valence-corrected chi connectivity index (χ4v) is 1.93. The van der Waals surface area contributed by atoms with Crippen LogP contribution in [0.4, 0.5) is 0 Å². The van der Waals surface area contributed by atoms with E-state index in [1.54, 1.807) is 0 Å². The van der Waals surface area contributed by atoms with Gasteiger partial charge in [-0.2, -0.15) is 0 Å². The highest BCUT2D eigenvalue weighted by molar-refractivity contribution is 6.39. The molecule has 0 spiro atoms. The molecule has 23 heavy (non-hydrogen) atoms. The molecular weight excluding hydrogens is 308 g/mol. The topological polar surface area (TPSA) is 152 Å². The van der Waals surface area contributed by atoms with E-state index in [2.05, 4.69) is 0 Å². The van der Waals surface area contributed by atoms with E-state index in [0.29, 0.717) is 5.56 Å². The summed E-state index contributed by atoms with van der Waals surface area (Å²) in [5.74, 6) is -9.42. The number of ketones is 3. The van der Waals surface area contributed by atoms with E-state index in [9.17, 15) is 34.8 Å². The van der Waals surface area contributed by atoms with E-state index >= 15 is 0 Å². The Morgan fingerprint density at radius 2 is 1.65 bits per heavy atom. The molecular formula is C15H12O8. The summed E-state index contributed by atoms with van der Waals surface area (Å²) in [6, 6.07) is 5.65. The molecule has 1 aromatic carbocycles. The average molecular weight is 320 g/mol. The first-order valence-electron chi connectivity index (χ1n) is 6.32. The lowest BCUT2D eigenvalue weighted by Gasteiger charge is -2.27. The molecule has 1 aromatic rings.